The van der Waals surface area contributed by atoms with E-state index in [1.807, 2.05) is 0 Å². The normalized spacial score (nSPS) is 9.80. The molecule has 0 aromatic carbocycles. The Morgan fingerprint density at radius 3 is 1.45 bits per heavy atom. The van der Waals surface area contributed by atoms with Crippen LogP contribution >= 0.6 is 0 Å². The van der Waals surface area contributed by atoms with E-state index >= 15 is 0 Å². The first-order chi connectivity index (χ1) is 9.77. The van der Waals surface area contributed by atoms with E-state index in [9.17, 15) is 9.59 Å². The summed E-state index contributed by atoms with van der Waals surface area (Å²) in [5.41, 5.74) is 1.08. The van der Waals surface area contributed by atoms with Gasteiger partial charge in [-0.1, -0.05) is 0 Å². The SMILES string of the molecule is O=C(NCCNC(=O)c1ccncc1)c1ccncc1. The molecule has 0 saturated heterocycles. The van der Waals surface area contributed by atoms with Gasteiger partial charge in [0.15, 0.2) is 0 Å². The molecule has 6 nitrogen and oxygen atoms in total. The first-order valence-electron chi connectivity index (χ1n) is 6.14. The fraction of sp³-hybridized carbons (Fsp3) is 0.143. The van der Waals surface area contributed by atoms with Crippen molar-refractivity contribution in [3.8, 4) is 0 Å². The maximum atomic E-state index is 11.7. The van der Waals surface area contributed by atoms with E-state index in [0.29, 0.717) is 24.2 Å². The molecular formula is C14H14N4O2. The van der Waals surface area contributed by atoms with Crippen LogP contribution in [-0.4, -0.2) is 34.9 Å². The highest BCUT2D eigenvalue weighted by atomic mass is 16.2. The van der Waals surface area contributed by atoms with E-state index in [1.165, 1.54) is 0 Å². The van der Waals surface area contributed by atoms with Crippen molar-refractivity contribution < 1.29 is 9.59 Å². The van der Waals surface area contributed by atoms with Crippen molar-refractivity contribution >= 4 is 11.8 Å². The summed E-state index contributed by atoms with van der Waals surface area (Å²) in [5.74, 6) is -0.379. The van der Waals surface area contributed by atoms with E-state index in [1.54, 1.807) is 49.1 Å². The minimum atomic E-state index is -0.189. The minimum absolute atomic E-state index is 0.189. The third-order valence-corrected chi connectivity index (χ3v) is 2.58. The van der Waals surface area contributed by atoms with Crippen LogP contribution in [0.25, 0.3) is 0 Å². The molecule has 0 bridgehead atoms. The maximum absolute atomic E-state index is 11.7. The minimum Gasteiger partial charge on any atom is -0.350 e. The average Bonchev–Trinajstić information content (AvgIpc) is 2.53. The number of pyridine rings is 2. The molecule has 0 spiro atoms. The lowest BCUT2D eigenvalue weighted by Gasteiger charge is -2.07. The molecule has 2 heterocycles. The van der Waals surface area contributed by atoms with Crippen LogP contribution in [0.2, 0.25) is 0 Å². The van der Waals surface area contributed by atoms with Crippen LogP contribution in [0.3, 0.4) is 0 Å². The van der Waals surface area contributed by atoms with Crippen LogP contribution in [-0.2, 0) is 0 Å². The Bertz CT molecular complexity index is 519. The van der Waals surface area contributed by atoms with E-state index in [4.69, 9.17) is 0 Å². The molecule has 102 valence electrons. The summed E-state index contributed by atoms with van der Waals surface area (Å²) in [7, 11) is 0. The van der Waals surface area contributed by atoms with Crippen LogP contribution in [0.1, 0.15) is 20.7 Å². The molecule has 0 radical (unpaired) electrons. The number of nitrogens with zero attached hydrogens (tertiary/aromatic N) is 2. The molecule has 2 aromatic heterocycles. The smallest absolute Gasteiger partial charge is 0.251 e. The van der Waals surface area contributed by atoms with Gasteiger partial charge in [0.1, 0.15) is 0 Å². The summed E-state index contributed by atoms with van der Waals surface area (Å²) in [6.45, 7) is 0.718. The van der Waals surface area contributed by atoms with E-state index in [2.05, 4.69) is 20.6 Å². The monoisotopic (exact) mass is 270 g/mol. The van der Waals surface area contributed by atoms with E-state index in [-0.39, 0.29) is 11.8 Å². The molecule has 0 unspecified atom stereocenters. The third kappa shape index (κ3) is 3.88. The van der Waals surface area contributed by atoms with Gasteiger partial charge in [-0.2, -0.15) is 0 Å². The number of carbonyl (C=O) groups is 2. The van der Waals surface area contributed by atoms with Crippen molar-refractivity contribution in [2.45, 2.75) is 0 Å². The molecular weight excluding hydrogens is 256 g/mol. The van der Waals surface area contributed by atoms with Crippen LogP contribution in [0, 0.1) is 0 Å². The van der Waals surface area contributed by atoms with Gasteiger partial charge < -0.3 is 10.6 Å². The van der Waals surface area contributed by atoms with Crippen molar-refractivity contribution in [3.05, 3.63) is 60.2 Å². The van der Waals surface area contributed by atoms with Gasteiger partial charge in [0.2, 0.25) is 0 Å². The van der Waals surface area contributed by atoms with Crippen molar-refractivity contribution in [2.75, 3.05) is 13.1 Å². The van der Waals surface area contributed by atoms with E-state index < -0.39 is 0 Å². The lowest BCUT2D eigenvalue weighted by Crippen LogP contribution is -2.34. The Hall–Kier alpha value is -2.76. The Morgan fingerprint density at radius 1 is 0.750 bits per heavy atom. The Morgan fingerprint density at radius 2 is 1.10 bits per heavy atom. The van der Waals surface area contributed by atoms with Gasteiger partial charge in [0.05, 0.1) is 0 Å². The highest BCUT2D eigenvalue weighted by Gasteiger charge is 2.05. The molecule has 0 fully saturated rings. The van der Waals surface area contributed by atoms with Crippen LogP contribution in [0.5, 0.6) is 0 Å². The molecule has 0 aliphatic heterocycles. The van der Waals surface area contributed by atoms with Crippen LogP contribution in [0.15, 0.2) is 49.1 Å². The topological polar surface area (TPSA) is 84.0 Å². The summed E-state index contributed by atoms with van der Waals surface area (Å²) in [4.78, 5) is 31.1. The molecule has 0 saturated carbocycles. The maximum Gasteiger partial charge on any atom is 0.251 e. The summed E-state index contributed by atoms with van der Waals surface area (Å²) < 4.78 is 0. The van der Waals surface area contributed by atoms with Crippen LogP contribution in [0.4, 0.5) is 0 Å². The lowest BCUT2D eigenvalue weighted by molar-refractivity contribution is 0.0927. The lowest BCUT2D eigenvalue weighted by atomic mass is 10.2. The van der Waals surface area contributed by atoms with Gasteiger partial charge in [-0.05, 0) is 24.3 Å². The van der Waals surface area contributed by atoms with E-state index in [0.717, 1.165) is 0 Å². The van der Waals surface area contributed by atoms with Gasteiger partial charge in [0.25, 0.3) is 11.8 Å². The van der Waals surface area contributed by atoms with Crippen molar-refractivity contribution in [1.82, 2.24) is 20.6 Å². The van der Waals surface area contributed by atoms with Gasteiger partial charge in [-0.3, -0.25) is 19.6 Å². The Balaban J connectivity index is 1.72. The number of hydrogen-bond acceptors (Lipinski definition) is 4. The summed E-state index contributed by atoms with van der Waals surface area (Å²) >= 11 is 0. The Kier molecular flexibility index (Phi) is 4.77. The van der Waals surface area contributed by atoms with Crippen LogP contribution < -0.4 is 10.6 Å². The predicted molar refractivity (Wildman–Crippen MR) is 73.1 cm³/mol. The molecule has 0 aliphatic rings. The van der Waals surface area contributed by atoms with Gasteiger partial charge in [0, 0.05) is 49.0 Å². The largest absolute Gasteiger partial charge is 0.350 e. The molecule has 0 atom stereocenters. The Labute approximate surface area is 116 Å². The summed E-state index contributed by atoms with van der Waals surface area (Å²) in [6, 6.07) is 6.52. The fourth-order valence-electron chi connectivity index (χ4n) is 1.56. The number of rotatable bonds is 5. The van der Waals surface area contributed by atoms with Crippen molar-refractivity contribution in [1.29, 1.82) is 0 Å². The molecule has 2 aromatic rings. The highest BCUT2D eigenvalue weighted by molar-refractivity contribution is 5.95. The van der Waals surface area contributed by atoms with Gasteiger partial charge in [-0.15, -0.1) is 0 Å². The second-order valence-corrected chi connectivity index (χ2v) is 3.98. The molecule has 20 heavy (non-hydrogen) atoms. The first-order valence-corrected chi connectivity index (χ1v) is 6.14. The van der Waals surface area contributed by atoms with Crippen molar-refractivity contribution in [2.24, 2.45) is 0 Å². The third-order valence-electron chi connectivity index (χ3n) is 2.58. The fourth-order valence-corrected chi connectivity index (χ4v) is 1.56. The number of aromatic nitrogens is 2. The number of nitrogens with one attached hydrogen (secondary N) is 2. The average molecular weight is 270 g/mol. The molecule has 6 heteroatoms. The summed E-state index contributed by atoms with van der Waals surface area (Å²) in [6.07, 6.45) is 6.22. The quantitative estimate of drug-likeness (QED) is 0.781. The second-order valence-electron chi connectivity index (χ2n) is 3.98. The zero-order chi connectivity index (χ0) is 14.2. The molecule has 2 amide bonds. The number of amides is 2. The second kappa shape index (κ2) is 6.98. The first kappa shape index (κ1) is 13.7. The number of carbonyl (C=O) groups excluding carboxylic acids is 2. The van der Waals surface area contributed by atoms with Crippen molar-refractivity contribution in [3.63, 3.8) is 0 Å². The molecule has 2 rings (SSSR count). The molecule has 2 N–H and O–H groups in total. The zero-order valence-corrected chi connectivity index (χ0v) is 10.7. The predicted octanol–water partition coefficient (Wildman–Crippen LogP) is 0.636. The number of hydrogen-bond donors (Lipinski definition) is 2. The van der Waals surface area contributed by atoms with Gasteiger partial charge >= 0.3 is 0 Å². The summed E-state index contributed by atoms with van der Waals surface area (Å²) in [5, 5.41) is 5.42. The standard InChI is InChI=1S/C14H14N4O2/c19-13(11-1-5-15-6-2-11)17-9-10-18-14(20)12-3-7-16-8-4-12/h1-8H,9-10H2,(H,17,19)(H,18,20). The zero-order valence-electron chi connectivity index (χ0n) is 10.7. The van der Waals surface area contributed by atoms with Gasteiger partial charge in [-0.25, -0.2) is 0 Å². The highest BCUT2D eigenvalue weighted by Crippen LogP contribution is 1.96. The molecule has 0 aliphatic carbocycles.